The summed E-state index contributed by atoms with van der Waals surface area (Å²) in [5, 5.41) is 0. The molecule has 0 radical (unpaired) electrons. The molecule has 9 rings (SSSR count). The van der Waals surface area contributed by atoms with Gasteiger partial charge in [0.05, 0.1) is 11.4 Å². The molecule has 0 N–H and O–H groups in total. The summed E-state index contributed by atoms with van der Waals surface area (Å²) in [7, 11) is 0. The lowest BCUT2D eigenvalue weighted by molar-refractivity contribution is 0.660. The van der Waals surface area contributed by atoms with E-state index in [1.807, 2.05) is 12.1 Å². The molecule has 0 amide bonds. The average molecular weight is 653 g/mol. The Labute approximate surface area is 299 Å². The fraction of sp³-hybridized carbons (Fsp3) is 0.0612. The van der Waals surface area contributed by atoms with Crippen LogP contribution in [0.5, 0.6) is 0 Å². The second kappa shape index (κ2) is 12.5. The molecular weight excluding hydrogens is 617 g/mol. The maximum Gasteiger partial charge on any atom is 0.160 e. The average Bonchev–Trinajstić information content (AvgIpc) is 3.44. The van der Waals surface area contributed by atoms with Crippen molar-refractivity contribution in [2.24, 2.45) is 0 Å². The molecule has 8 aromatic rings. The van der Waals surface area contributed by atoms with Gasteiger partial charge < -0.3 is 0 Å². The van der Waals surface area contributed by atoms with E-state index in [1.54, 1.807) is 0 Å². The third-order valence-corrected chi connectivity index (χ3v) is 10.3. The van der Waals surface area contributed by atoms with Crippen molar-refractivity contribution in [1.29, 1.82) is 0 Å². The van der Waals surface area contributed by atoms with Crippen molar-refractivity contribution in [1.82, 2.24) is 9.97 Å². The number of fused-ring (bicyclic) bond motifs is 3. The van der Waals surface area contributed by atoms with Crippen LogP contribution < -0.4 is 0 Å². The maximum atomic E-state index is 5.17. The number of aromatic nitrogens is 2. The van der Waals surface area contributed by atoms with E-state index in [1.165, 1.54) is 44.5 Å². The third kappa shape index (κ3) is 5.65. The van der Waals surface area contributed by atoms with Crippen molar-refractivity contribution >= 4 is 0 Å². The van der Waals surface area contributed by atoms with Gasteiger partial charge in [-0.1, -0.05) is 172 Å². The molecule has 0 saturated carbocycles. The van der Waals surface area contributed by atoms with E-state index in [4.69, 9.17) is 9.97 Å². The molecule has 0 aliphatic heterocycles. The van der Waals surface area contributed by atoms with Crippen LogP contribution in [0, 0.1) is 0 Å². The first-order valence-electron chi connectivity index (χ1n) is 17.6. The summed E-state index contributed by atoms with van der Waals surface area (Å²) in [4.78, 5) is 10.3. The van der Waals surface area contributed by atoms with Crippen LogP contribution in [0.2, 0.25) is 0 Å². The highest BCUT2D eigenvalue weighted by Gasteiger charge is 2.35. The number of benzene rings is 7. The van der Waals surface area contributed by atoms with Crippen molar-refractivity contribution in [2.45, 2.75) is 19.3 Å². The summed E-state index contributed by atoms with van der Waals surface area (Å²) in [6.45, 7) is 4.66. The summed E-state index contributed by atoms with van der Waals surface area (Å²) >= 11 is 0. The molecule has 2 nitrogen and oxygen atoms in total. The molecular formula is C49H36N2. The van der Waals surface area contributed by atoms with Crippen LogP contribution in [0.15, 0.2) is 182 Å². The number of nitrogens with zero attached hydrogens (tertiary/aromatic N) is 2. The van der Waals surface area contributed by atoms with Gasteiger partial charge in [-0.15, -0.1) is 0 Å². The highest BCUT2D eigenvalue weighted by Crippen LogP contribution is 2.49. The fourth-order valence-corrected chi connectivity index (χ4v) is 7.56. The molecule has 1 aromatic heterocycles. The van der Waals surface area contributed by atoms with Gasteiger partial charge in [0, 0.05) is 22.1 Å². The Balaban J connectivity index is 1.07. The standard InChI is InChI=1S/C49H36N2/c1-49(2)44-22-10-9-21-42(44)43-31-39(27-28-45(43)49)35-25-23-34(24-26-35)37-17-11-19-40(29-37)47-32-46(36-15-7-4-8-16-36)50-48(51-47)41-20-12-18-38(30-41)33-13-5-3-6-14-33/h3-32H,1-2H3. The van der Waals surface area contributed by atoms with Crippen molar-refractivity contribution in [3.8, 4) is 78.4 Å². The van der Waals surface area contributed by atoms with Crippen LogP contribution in [-0.4, -0.2) is 9.97 Å². The Morgan fingerprint density at radius 2 is 0.765 bits per heavy atom. The molecule has 51 heavy (non-hydrogen) atoms. The molecule has 1 aliphatic rings. The minimum atomic E-state index is 0.0117. The van der Waals surface area contributed by atoms with Gasteiger partial charge >= 0.3 is 0 Å². The quantitative estimate of drug-likeness (QED) is 0.179. The van der Waals surface area contributed by atoms with Crippen molar-refractivity contribution in [2.75, 3.05) is 0 Å². The van der Waals surface area contributed by atoms with E-state index >= 15 is 0 Å². The Morgan fingerprint density at radius 3 is 1.45 bits per heavy atom. The molecule has 7 aromatic carbocycles. The van der Waals surface area contributed by atoms with E-state index in [0.717, 1.165) is 39.2 Å². The zero-order valence-electron chi connectivity index (χ0n) is 28.7. The summed E-state index contributed by atoms with van der Waals surface area (Å²) in [5.41, 5.74) is 17.5. The Bertz CT molecular complexity index is 2530. The van der Waals surface area contributed by atoms with Crippen LogP contribution in [0.3, 0.4) is 0 Å². The summed E-state index contributed by atoms with van der Waals surface area (Å²) < 4.78 is 0. The van der Waals surface area contributed by atoms with Crippen LogP contribution in [0.1, 0.15) is 25.0 Å². The summed E-state index contributed by atoms with van der Waals surface area (Å²) in [6, 6.07) is 64.8. The first-order valence-corrected chi connectivity index (χ1v) is 17.6. The minimum absolute atomic E-state index is 0.0117. The highest BCUT2D eigenvalue weighted by molar-refractivity contribution is 5.85. The highest BCUT2D eigenvalue weighted by atomic mass is 14.9. The van der Waals surface area contributed by atoms with Crippen LogP contribution in [0.25, 0.3) is 78.4 Å². The Hall–Kier alpha value is -6.38. The lowest BCUT2D eigenvalue weighted by Crippen LogP contribution is -2.14. The minimum Gasteiger partial charge on any atom is -0.228 e. The molecule has 1 aliphatic carbocycles. The molecule has 0 atom stereocenters. The van der Waals surface area contributed by atoms with Gasteiger partial charge in [-0.05, 0) is 79.9 Å². The second-order valence-corrected chi connectivity index (χ2v) is 13.9. The summed E-state index contributed by atoms with van der Waals surface area (Å²) in [6.07, 6.45) is 0. The predicted molar refractivity (Wildman–Crippen MR) is 212 cm³/mol. The van der Waals surface area contributed by atoms with E-state index in [2.05, 4.69) is 184 Å². The van der Waals surface area contributed by atoms with Crippen LogP contribution in [0.4, 0.5) is 0 Å². The second-order valence-electron chi connectivity index (χ2n) is 13.9. The molecule has 242 valence electrons. The Morgan fingerprint density at radius 1 is 0.314 bits per heavy atom. The van der Waals surface area contributed by atoms with Crippen molar-refractivity contribution in [3.63, 3.8) is 0 Å². The van der Waals surface area contributed by atoms with Gasteiger partial charge in [-0.2, -0.15) is 0 Å². The van der Waals surface area contributed by atoms with E-state index in [9.17, 15) is 0 Å². The monoisotopic (exact) mass is 652 g/mol. The lowest BCUT2D eigenvalue weighted by atomic mass is 9.82. The molecule has 0 unspecified atom stereocenters. The fourth-order valence-electron chi connectivity index (χ4n) is 7.56. The Kier molecular flexibility index (Phi) is 7.51. The predicted octanol–water partition coefficient (Wildman–Crippen LogP) is 12.8. The van der Waals surface area contributed by atoms with Gasteiger partial charge in [0.25, 0.3) is 0 Å². The zero-order chi connectivity index (χ0) is 34.4. The smallest absolute Gasteiger partial charge is 0.160 e. The number of hydrogen-bond acceptors (Lipinski definition) is 2. The maximum absolute atomic E-state index is 5.17. The first-order chi connectivity index (χ1) is 25.0. The SMILES string of the molecule is CC1(C)c2ccccc2-c2cc(-c3ccc(-c4cccc(-c5cc(-c6ccccc6)nc(-c6cccc(-c7ccccc7)c6)n5)c4)cc3)ccc21. The molecule has 0 bridgehead atoms. The van der Waals surface area contributed by atoms with Gasteiger partial charge in [-0.25, -0.2) is 9.97 Å². The normalized spacial score (nSPS) is 12.7. The van der Waals surface area contributed by atoms with Crippen molar-refractivity contribution < 1.29 is 0 Å². The van der Waals surface area contributed by atoms with Gasteiger partial charge in [0.15, 0.2) is 5.82 Å². The van der Waals surface area contributed by atoms with Gasteiger partial charge in [0.1, 0.15) is 0 Å². The van der Waals surface area contributed by atoms with E-state index in [-0.39, 0.29) is 5.41 Å². The molecule has 1 heterocycles. The van der Waals surface area contributed by atoms with Crippen LogP contribution >= 0.6 is 0 Å². The van der Waals surface area contributed by atoms with E-state index < -0.39 is 0 Å². The molecule has 0 fully saturated rings. The zero-order valence-corrected chi connectivity index (χ0v) is 28.7. The summed E-state index contributed by atoms with van der Waals surface area (Å²) in [5.74, 6) is 0.708. The van der Waals surface area contributed by atoms with Crippen molar-refractivity contribution in [3.05, 3.63) is 193 Å². The van der Waals surface area contributed by atoms with Crippen LogP contribution in [-0.2, 0) is 5.41 Å². The van der Waals surface area contributed by atoms with Gasteiger partial charge in [0.2, 0.25) is 0 Å². The topological polar surface area (TPSA) is 25.8 Å². The number of hydrogen-bond donors (Lipinski definition) is 0. The van der Waals surface area contributed by atoms with E-state index in [0.29, 0.717) is 5.82 Å². The van der Waals surface area contributed by atoms with Gasteiger partial charge in [-0.3, -0.25) is 0 Å². The molecule has 2 heteroatoms. The number of rotatable bonds is 6. The largest absolute Gasteiger partial charge is 0.228 e. The third-order valence-electron chi connectivity index (χ3n) is 10.3. The lowest BCUT2D eigenvalue weighted by Gasteiger charge is -2.21. The molecule has 0 spiro atoms. The first kappa shape index (κ1) is 30.7. The molecule has 0 saturated heterocycles.